The van der Waals surface area contributed by atoms with Crippen LogP contribution in [0.4, 0.5) is 5.69 Å². The van der Waals surface area contributed by atoms with Gasteiger partial charge in [-0.05, 0) is 48.7 Å². The van der Waals surface area contributed by atoms with Gasteiger partial charge in [0.15, 0.2) is 0 Å². The summed E-state index contributed by atoms with van der Waals surface area (Å²) in [5, 5.41) is 13.1. The highest BCUT2D eigenvalue weighted by Crippen LogP contribution is 2.20. The van der Waals surface area contributed by atoms with E-state index in [-0.39, 0.29) is 12.5 Å². The number of carbonyl (C=O) groups is 1. The van der Waals surface area contributed by atoms with Gasteiger partial charge in [-0.1, -0.05) is 24.3 Å². The van der Waals surface area contributed by atoms with Crippen LogP contribution in [-0.2, 0) is 6.61 Å². The zero-order valence-electron chi connectivity index (χ0n) is 12.6. The topological polar surface area (TPSA) is 65.1 Å². The summed E-state index contributed by atoms with van der Waals surface area (Å²) in [5.41, 5.74) is 5.06. The van der Waals surface area contributed by atoms with Gasteiger partial charge in [-0.15, -0.1) is 0 Å². The fourth-order valence-corrected chi connectivity index (χ4v) is 2.46. The Balaban J connectivity index is 1.90. The fraction of sp³-hybridized carbons (Fsp3) is 0.167. The lowest BCUT2D eigenvalue weighted by molar-refractivity contribution is 0.102. The van der Waals surface area contributed by atoms with Crippen LogP contribution in [0.2, 0.25) is 0 Å². The number of H-pyrrole nitrogens is 1. The monoisotopic (exact) mass is 294 g/mol. The van der Waals surface area contributed by atoms with Crippen molar-refractivity contribution >= 4 is 22.5 Å². The predicted octanol–water partition coefficient (Wildman–Crippen LogP) is 3.53. The van der Waals surface area contributed by atoms with Crippen LogP contribution in [0.25, 0.3) is 10.9 Å². The highest BCUT2D eigenvalue weighted by atomic mass is 16.3. The Morgan fingerprint density at radius 3 is 2.73 bits per heavy atom. The summed E-state index contributed by atoms with van der Waals surface area (Å²) in [6.07, 6.45) is 0. The van der Waals surface area contributed by atoms with Crippen LogP contribution >= 0.6 is 0 Å². The molecule has 0 aliphatic rings. The molecule has 3 aromatic rings. The Morgan fingerprint density at radius 1 is 1.14 bits per heavy atom. The number of amides is 1. The second-order valence-corrected chi connectivity index (χ2v) is 5.54. The summed E-state index contributed by atoms with van der Waals surface area (Å²) in [7, 11) is 0. The summed E-state index contributed by atoms with van der Waals surface area (Å²) in [6, 6.07) is 13.4. The maximum absolute atomic E-state index is 12.4. The van der Waals surface area contributed by atoms with Crippen LogP contribution in [-0.4, -0.2) is 16.0 Å². The normalized spacial score (nSPS) is 10.9. The molecule has 3 N–H and O–H groups in total. The standard InChI is InChI=1S/C18H18N2O2/c1-11-3-6-14-9-17(19-16(14)7-11)18(22)20-15-8-13(10-21)5-4-12(15)2/h3-9,19,21H,10H2,1-2H3,(H,20,22). The van der Waals surface area contributed by atoms with Gasteiger partial charge in [-0.3, -0.25) is 4.79 Å². The zero-order chi connectivity index (χ0) is 15.7. The Kier molecular flexibility index (Phi) is 3.69. The summed E-state index contributed by atoms with van der Waals surface area (Å²) < 4.78 is 0. The number of nitrogens with one attached hydrogen (secondary N) is 2. The van der Waals surface area contributed by atoms with Gasteiger partial charge in [0.05, 0.1) is 6.61 Å². The summed E-state index contributed by atoms with van der Waals surface area (Å²) in [5.74, 6) is -0.188. The number of carbonyl (C=O) groups excluding carboxylic acids is 1. The molecule has 1 aromatic heterocycles. The van der Waals surface area contributed by atoms with Crippen molar-refractivity contribution in [1.82, 2.24) is 4.98 Å². The minimum Gasteiger partial charge on any atom is -0.392 e. The number of fused-ring (bicyclic) bond motifs is 1. The van der Waals surface area contributed by atoms with E-state index in [1.54, 1.807) is 6.07 Å². The Morgan fingerprint density at radius 2 is 1.95 bits per heavy atom. The molecule has 0 atom stereocenters. The fourth-order valence-electron chi connectivity index (χ4n) is 2.46. The number of anilines is 1. The average molecular weight is 294 g/mol. The van der Waals surface area contributed by atoms with Gasteiger partial charge in [-0.25, -0.2) is 0 Å². The molecule has 2 aromatic carbocycles. The maximum Gasteiger partial charge on any atom is 0.272 e. The van der Waals surface area contributed by atoms with Crippen molar-refractivity contribution in [2.75, 3.05) is 5.32 Å². The molecule has 22 heavy (non-hydrogen) atoms. The first-order valence-electron chi connectivity index (χ1n) is 7.18. The molecular weight excluding hydrogens is 276 g/mol. The Labute approximate surface area is 128 Å². The summed E-state index contributed by atoms with van der Waals surface area (Å²) in [6.45, 7) is 3.89. The molecule has 0 spiro atoms. The highest BCUT2D eigenvalue weighted by molar-refractivity contribution is 6.06. The third-order valence-electron chi connectivity index (χ3n) is 3.76. The molecule has 0 fully saturated rings. The number of hydrogen-bond donors (Lipinski definition) is 3. The highest BCUT2D eigenvalue weighted by Gasteiger charge is 2.11. The van der Waals surface area contributed by atoms with E-state index in [2.05, 4.69) is 10.3 Å². The molecular formula is C18H18N2O2. The van der Waals surface area contributed by atoms with Crippen LogP contribution in [0, 0.1) is 13.8 Å². The third-order valence-corrected chi connectivity index (χ3v) is 3.76. The molecule has 3 rings (SSSR count). The molecule has 0 aliphatic carbocycles. The van der Waals surface area contributed by atoms with Gasteiger partial charge in [0.1, 0.15) is 5.69 Å². The van der Waals surface area contributed by atoms with Gasteiger partial charge in [0.2, 0.25) is 0 Å². The second kappa shape index (κ2) is 5.66. The molecule has 4 heteroatoms. The first-order chi connectivity index (χ1) is 10.6. The van der Waals surface area contributed by atoms with Gasteiger partial charge in [0, 0.05) is 16.6 Å². The number of hydrogen-bond acceptors (Lipinski definition) is 2. The van der Waals surface area contributed by atoms with Crippen molar-refractivity contribution < 1.29 is 9.90 Å². The second-order valence-electron chi connectivity index (χ2n) is 5.54. The summed E-state index contributed by atoms with van der Waals surface area (Å²) in [4.78, 5) is 15.6. The van der Waals surface area contributed by atoms with E-state index < -0.39 is 0 Å². The minimum absolute atomic E-state index is 0.0468. The first kappa shape index (κ1) is 14.4. The molecule has 0 aliphatic heterocycles. The number of benzene rings is 2. The number of aryl methyl sites for hydroxylation is 2. The minimum atomic E-state index is -0.188. The smallest absolute Gasteiger partial charge is 0.272 e. The van der Waals surface area contributed by atoms with E-state index in [9.17, 15) is 9.90 Å². The van der Waals surface area contributed by atoms with E-state index >= 15 is 0 Å². The number of aromatic amines is 1. The van der Waals surface area contributed by atoms with Crippen LogP contribution in [0.5, 0.6) is 0 Å². The lowest BCUT2D eigenvalue weighted by Crippen LogP contribution is -2.13. The van der Waals surface area contributed by atoms with Gasteiger partial charge >= 0.3 is 0 Å². The molecule has 0 saturated heterocycles. The van der Waals surface area contributed by atoms with Crippen LogP contribution in [0.3, 0.4) is 0 Å². The van der Waals surface area contributed by atoms with Crippen molar-refractivity contribution in [2.45, 2.75) is 20.5 Å². The van der Waals surface area contributed by atoms with Crippen molar-refractivity contribution in [3.63, 3.8) is 0 Å². The molecule has 1 heterocycles. The largest absolute Gasteiger partial charge is 0.392 e. The molecule has 0 unspecified atom stereocenters. The van der Waals surface area contributed by atoms with Gasteiger partial charge in [0.25, 0.3) is 5.91 Å². The Bertz CT molecular complexity index is 849. The molecule has 112 valence electrons. The van der Waals surface area contributed by atoms with E-state index in [0.29, 0.717) is 11.4 Å². The summed E-state index contributed by atoms with van der Waals surface area (Å²) >= 11 is 0. The zero-order valence-corrected chi connectivity index (χ0v) is 12.6. The SMILES string of the molecule is Cc1ccc2cc(C(=O)Nc3cc(CO)ccc3C)[nH]c2c1. The van der Waals surface area contributed by atoms with Crippen molar-refractivity contribution in [1.29, 1.82) is 0 Å². The number of aliphatic hydroxyl groups is 1. The van der Waals surface area contributed by atoms with E-state index in [0.717, 1.165) is 27.6 Å². The molecule has 0 bridgehead atoms. The van der Waals surface area contributed by atoms with E-state index in [4.69, 9.17) is 0 Å². The third kappa shape index (κ3) is 2.73. The van der Waals surface area contributed by atoms with Gasteiger partial charge in [-0.2, -0.15) is 0 Å². The van der Waals surface area contributed by atoms with Crippen LogP contribution in [0.1, 0.15) is 27.2 Å². The first-order valence-corrected chi connectivity index (χ1v) is 7.18. The number of rotatable bonds is 3. The number of aromatic nitrogens is 1. The van der Waals surface area contributed by atoms with E-state index in [1.165, 1.54) is 0 Å². The van der Waals surface area contributed by atoms with E-state index in [1.807, 2.05) is 50.2 Å². The van der Waals surface area contributed by atoms with Crippen molar-refractivity contribution in [3.05, 3.63) is 64.8 Å². The van der Waals surface area contributed by atoms with Crippen LogP contribution in [0.15, 0.2) is 42.5 Å². The quantitative estimate of drug-likeness (QED) is 0.692. The molecule has 0 radical (unpaired) electrons. The lowest BCUT2D eigenvalue weighted by Gasteiger charge is -2.09. The molecule has 4 nitrogen and oxygen atoms in total. The predicted molar refractivity (Wildman–Crippen MR) is 88.1 cm³/mol. The van der Waals surface area contributed by atoms with Crippen molar-refractivity contribution in [3.8, 4) is 0 Å². The number of aliphatic hydroxyl groups excluding tert-OH is 1. The van der Waals surface area contributed by atoms with Gasteiger partial charge < -0.3 is 15.4 Å². The van der Waals surface area contributed by atoms with Crippen LogP contribution < -0.4 is 5.32 Å². The average Bonchev–Trinajstić information content (AvgIpc) is 2.92. The maximum atomic E-state index is 12.4. The lowest BCUT2D eigenvalue weighted by atomic mass is 10.1. The Hall–Kier alpha value is -2.59. The van der Waals surface area contributed by atoms with Crippen molar-refractivity contribution in [2.24, 2.45) is 0 Å². The molecule has 0 saturated carbocycles. The molecule has 1 amide bonds.